The van der Waals surface area contributed by atoms with Crippen LogP contribution in [0.1, 0.15) is 57.9 Å². The molecule has 3 aliphatic heterocycles. The SMILES string of the molecule is COc1ccc(CC(NC(=O)C(C)NC(=O)CN2CCC(O)CC2)C(=O)NC(CC2=CCCC2)C(=O)C2(C)CO2)cc1.NC(=O)CN1CCOCC1. The first-order valence-corrected chi connectivity index (χ1v) is 18.2. The second-order valence-corrected chi connectivity index (χ2v) is 14.2. The van der Waals surface area contributed by atoms with Crippen LogP contribution in [0.2, 0.25) is 0 Å². The highest BCUT2D eigenvalue weighted by molar-refractivity contribution is 5.98. The highest BCUT2D eigenvalue weighted by Crippen LogP contribution is 2.31. The van der Waals surface area contributed by atoms with Crippen LogP contribution in [0.15, 0.2) is 35.9 Å². The smallest absolute Gasteiger partial charge is 0.243 e. The van der Waals surface area contributed by atoms with Gasteiger partial charge >= 0.3 is 0 Å². The number of nitrogens with two attached hydrogens (primary N) is 1. The molecular weight excluding hydrogens is 672 g/mol. The quantitative estimate of drug-likeness (QED) is 0.112. The fourth-order valence-electron chi connectivity index (χ4n) is 6.40. The minimum absolute atomic E-state index is 0.126. The lowest BCUT2D eigenvalue weighted by Crippen LogP contribution is -2.57. The maximum atomic E-state index is 13.7. The third kappa shape index (κ3) is 13.3. The number of hydrogen-bond acceptors (Lipinski definition) is 11. The number of hydrogen-bond donors (Lipinski definition) is 5. The maximum absolute atomic E-state index is 13.7. The van der Waals surface area contributed by atoms with Crippen LogP contribution in [0.3, 0.4) is 0 Å². The average molecular weight is 729 g/mol. The highest BCUT2D eigenvalue weighted by Gasteiger charge is 2.50. The van der Waals surface area contributed by atoms with E-state index in [0.717, 1.165) is 43.5 Å². The number of carbonyl (C=O) groups excluding carboxylic acids is 5. The zero-order valence-electron chi connectivity index (χ0n) is 30.7. The number of methoxy groups -OCH3 is 1. The second kappa shape index (κ2) is 19.8. The molecule has 3 fully saturated rings. The van der Waals surface area contributed by atoms with E-state index in [0.29, 0.717) is 64.5 Å². The topological polar surface area (TPSA) is 205 Å². The first-order chi connectivity index (χ1) is 24.8. The molecule has 4 unspecified atom stereocenters. The predicted octanol–water partition coefficient (Wildman–Crippen LogP) is -0.169. The number of carbonyl (C=O) groups is 5. The second-order valence-electron chi connectivity index (χ2n) is 14.2. The standard InChI is InChI=1S/C31H44N4O7.C6H12N2O2/c1-20(32-27(37)18-35-14-12-23(36)13-15-35)29(39)34-26(17-22-8-10-24(41-3)11-9-22)30(40)33-25(16-21-6-4-5-7-21)28(38)31(2)19-42-31;7-6(9)5-8-1-3-10-4-2-8/h6,8-11,20,23,25-26,36H,4-5,7,12-19H2,1-3H3,(H,32,37)(H,33,40)(H,34,39);1-5H2,(H2,7,9). The largest absolute Gasteiger partial charge is 0.497 e. The Morgan fingerprint density at radius 1 is 0.942 bits per heavy atom. The van der Waals surface area contributed by atoms with Crippen LogP contribution in [-0.2, 0) is 39.9 Å². The molecule has 0 aromatic heterocycles. The molecule has 15 nitrogen and oxygen atoms in total. The number of allylic oxidation sites excluding steroid dienone is 1. The number of piperidine rings is 1. The lowest BCUT2D eigenvalue weighted by Gasteiger charge is -2.29. The molecule has 1 aliphatic carbocycles. The maximum Gasteiger partial charge on any atom is 0.243 e. The van der Waals surface area contributed by atoms with Gasteiger partial charge in [-0.25, -0.2) is 0 Å². The number of epoxide rings is 1. The number of morpholine rings is 1. The number of benzene rings is 1. The summed E-state index contributed by atoms with van der Waals surface area (Å²) in [6, 6.07) is 4.53. The van der Waals surface area contributed by atoms with Crippen molar-refractivity contribution in [2.75, 3.05) is 66.2 Å². The number of primary amides is 1. The third-order valence-electron chi connectivity index (χ3n) is 9.74. The molecule has 3 heterocycles. The Hall–Kier alpha value is -3.89. The van der Waals surface area contributed by atoms with Gasteiger partial charge in [0.2, 0.25) is 23.6 Å². The predicted molar refractivity (Wildman–Crippen MR) is 192 cm³/mol. The van der Waals surface area contributed by atoms with E-state index in [1.54, 1.807) is 33.1 Å². The number of Topliss-reactive ketones (excluding diaryl/α,β-unsaturated/α-hetero) is 1. The number of rotatable bonds is 16. The van der Waals surface area contributed by atoms with Crippen molar-refractivity contribution in [1.29, 1.82) is 0 Å². The zero-order chi connectivity index (χ0) is 37.7. The van der Waals surface area contributed by atoms with Crippen molar-refractivity contribution in [2.45, 2.75) is 88.6 Å². The van der Waals surface area contributed by atoms with E-state index in [1.165, 1.54) is 0 Å². The van der Waals surface area contributed by atoms with Gasteiger partial charge in [-0.3, -0.25) is 33.8 Å². The number of aliphatic hydroxyl groups is 1. The summed E-state index contributed by atoms with van der Waals surface area (Å²) in [6.45, 7) is 8.40. The number of ketones is 1. The van der Waals surface area contributed by atoms with Crippen LogP contribution >= 0.6 is 0 Å². The molecule has 1 aromatic rings. The lowest BCUT2D eigenvalue weighted by atomic mass is 9.94. The molecule has 5 rings (SSSR count). The summed E-state index contributed by atoms with van der Waals surface area (Å²) in [6.07, 6.45) is 6.45. The zero-order valence-corrected chi connectivity index (χ0v) is 30.7. The van der Waals surface area contributed by atoms with Crippen molar-refractivity contribution >= 4 is 29.4 Å². The Bertz CT molecular complexity index is 1400. The number of nitrogens with one attached hydrogen (secondary N) is 3. The van der Waals surface area contributed by atoms with Gasteiger partial charge < -0.3 is 41.0 Å². The first kappa shape index (κ1) is 40.9. The van der Waals surface area contributed by atoms with Crippen molar-refractivity contribution in [3.8, 4) is 5.75 Å². The summed E-state index contributed by atoms with van der Waals surface area (Å²) in [4.78, 5) is 67.2. The summed E-state index contributed by atoms with van der Waals surface area (Å²) in [5.41, 5.74) is 6.02. The van der Waals surface area contributed by atoms with Gasteiger partial charge in [-0.05, 0) is 70.1 Å². The molecule has 1 aromatic carbocycles. The molecule has 4 amide bonds. The van der Waals surface area contributed by atoms with Crippen LogP contribution in [0.4, 0.5) is 0 Å². The van der Waals surface area contributed by atoms with E-state index >= 15 is 0 Å². The van der Waals surface area contributed by atoms with Crippen molar-refractivity contribution in [3.63, 3.8) is 0 Å². The molecule has 4 aliphatic rings. The Kier molecular flexibility index (Phi) is 15.6. The van der Waals surface area contributed by atoms with Gasteiger partial charge in [-0.15, -0.1) is 0 Å². The molecule has 3 saturated heterocycles. The molecule has 0 saturated carbocycles. The van der Waals surface area contributed by atoms with E-state index in [2.05, 4.69) is 22.0 Å². The van der Waals surface area contributed by atoms with Crippen molar-refractivity contribution in [3.05, 3.63) is 41.5 Å². The van der Waals surface area contributed by atoms with E-state index in [4.69, 9.17) is 19.9 Å². The van der Waals surface area contributed by atoms with Crippen LogP contribution in [0.25, 0.3) is 0 Å². The normalized spacial score (nSPS) is 22.4. The number of likely N-dealkylation sites (tertiary alicyclic amines) is 1. The van der Waals surface area contributed by atoms with Crippen molar-refractivity contribution in [2.24, 2.45) is 5.73 Å². The van der Waals surface area contributed by atoms with Gasteiger partial charge in [0.1, 0.15) is 23.4 Å². The van der Waals surface area contributed by atoms with Gasteiger partial charge in [0.15, 0.2) is 5.78 Å². The molecule has 4 atom stereocenters. The summed E-state index contributed by atoms with van der Waals surface area (Å²) < 4.78 is 15.7. The van der Waals surface area contributed by atoms with Crippen LogP contribution in [0, 0.1) is 0 Å². The highest BCUT2D eigenvalue weighted by atomic mass is 16.6. The molecule has 0 bridgehead atoms. The van der Waals surface area contributed by atoms with Crippen LogP contribution in [0.5, 0.6) is 5.75 Å². The Morgan fingerprint density at radius 3 is 2.15 bits per heavy atom. The van der Waals surface area contributed by atoms with Gasteiger partial charge in [-0.2, -0.15) is 0 Å². The van der Waals surface area contributed by atoms with E-state index in [9.17, 15) is 29.1 Å². The van der Waals surface area contributed by atoms with Crippen LogP contribution < -0.4 is 26.4 Å². The number of nitrogens with zero attached hydrogens (tertiary/aromatic N) is 2. The number of aliphatic hydroxyl groups excluding tert-OH is 1. The Morgan fingerprint density at radius 2 is 1.58 bits per heavy atom. The van der Waals surface area contributed by atoms with Crippen molar-refractivity contribution < 1.29 is 43.3 Å². The minimum atomic E-state index is -0.991. The molecule has 6 N–H and O–H groups in total. The monoisotopic (exact) mass is 728 g/mol. The summed E-state index contributed by atoms with van der Waals surface area (Å²) in [7, 11) is 1.57. The molecular formula is C37H56N6O9. The average Bonchev–Trinajstić information content (AvgIpc) is 3.66. The molecule has 52 heavy (non-hydrogen) atoms. The Balaban J connectivity index is 0.000000521. The molecule has 15 heteroatoms. The lowest BCUT2D eigenvalue weighted by molar-refractivity contribution is -0.134. The Labute approximate surface area is 305 Å². The fraction of sp³-hybridized carbons (Fsp3) is 0.649. The van der Waals surface area contributed by atoms with E-state index < -0.39 is 35.5 Å². The fourth-order valence-corrected chi connectivity index (χ4v) is 6.40. The van der Waals surface area contributed by atoms with Crippen molar-refractivity contribution in [1.82, 2.24) is 25.8 Å². The third-order valence-corrected chi connectivity index (χ3v) is 9.74. The van der Waals surface area contributed by atoms with Crippen LogP contribution in [-0.4, -0.2) is 140 Å². The van der Waals surface area contributed by atoms with Gasteiger partial charge in [0.25, 0.3) is 0 Å². The first-order valence-electron chi connectivity index (χ1n) is 18.2. The summed E-state index contributed by atoms with van der Waals surface area (Å²) >= 11 is 0. The summed E-state index contributed by atoms with van der Waals surface area (Å²) in [5.74, 6) is -1.07. The minimum Gasteiger partial charge on any atom is -0.497 e. The molecule has 288 valence electrons. The van der Waals surface area contributed by atoms with Gasteiger partial charge in [0, 0.05) is 32.6 Å². The molecule has 0 radical (unpaired) electrons. The van der Waals surface area contributed by atoms with E-state index in [1.807, 2.05) is 21.9 Å². The molecule has 0 spiro atoms. The van der Waals surface area contributed by atoms with Gasteiger partial charge in [-0.1, -0.05) is 23.8 Å². The summed E-state index contributed by atoms with van der Waals surface area (Å²) in [5, 5.41) is 18.1. The van der Waals surface area contributed by atoms with E-state index in [-0.39, 0.29) is 36.7 Å². The number of amides is 4. The van der Waals surface area contributed by atoms with Gasteiger partial charge in [0.05, 0.1) is 52.2 Å². The number of ether oxygens (including phenoxy) is 3.